The molecule has 0 aromatic heterocycles. The van der Waals surface area contributed by atoms with Crippen LogP contribution in [0.15, 0.2) is 42.5 Å². The fourth-order valence-electron chi connectivity index (χ4n) is 1.96. The van der Waals surface area contributed by atoms with Gasteiger partial charge in [0.1, 0.15) is 0 Å². The molecule has 0 fully saturated rings. The van der Waals surface area contributed by atoms with Crippen LogP contribution in [0.4, 0.5) is 0 Å². The number of aryl methyl sites for hydroxylation is 2. The Kier molecular flexibility index (Phi) is 3.83. The standard InChI is InChI=1S/C16H15ClO/c1-11-9-15(17)12(2)8-14(11)16(18)10-13-6-4-3-5-7-13/h3-9H,10H2,1-2H3. The number of Topliss-reactive ketones (excluding diaryl/α,β-unsaturated/α-hetero) is 1. The Hall–Kier alpha value is -1.60. The molecule has 0 saturated heterocycles. The molecule has 0 heterocycles. The van der Waals surface area contributed by atoms with Crippen molar-refractivity contribution >= 4 is 17.4 Å². The van der Waals surface area contributed by atoms with Gasteiger partial charge >= 0.3 is 0 Å². The van der Waals surface area contributed by atoms with Crippen LogP contribution in [0.2, 0.25) is 5.02 Å². The number of halogens is 1. The lowest BCUT2D eigenvalue weighted by Crippen LogP contribution is -2.06. The minimum absolute atomic E-state index is 0.137. The maximum atomic E-state index is 12.3. The normalized spacial score (nSPS) is 10.4. The second-order valence-corrected chi connectivity index (χ2v) is 4.91. The summed E-state index contributed by atoms with van der Waals surface area (Å²) in [5.41, 5.74) is 3.68. The van der Waals surface area contributed by atoms with E-state index in [2.05, 4.69) is 0 Å². The molecule has 0 radical (unpaired) electrons. The molecule has 0 bridgehead atoms. The average molecular weight is 259 g/mol. The molecule has 2 rings (SSSR count). The highest BCUT2D eigenvalue weighted by molar-refractivity contribution is 6.31. The Morgan fingerprint density at radius 2 is 1.72 bits per heavy atom. The van der Waals surface area contributed by atoms with E-state index in [4.69, 9.17) is 11.6 Å². The molecule has 0 aliphatic carbocycles. The SMILES string of the molecule is Cc1cc(C(=O)Cc2ccccc2)c(C)cc1Cl. The Labute approximate surface area is 112 Å². The van der Waals surface area contributed by atoms with Crippen LogP contribution < -0.4 is 0 Å². The zero-order chi connectivity index (χ0) is 13.1. The second-order valence-electron chi connectivity index (χ2n) is 4.50. The van der Waals surface area contributed by atoms with Crippen molar-refractivity contribution in [2.75, 3.05) is 0 Å². The van der Waals surface area contributed by atoms with Gasteiger partial charge in [0.15, 0.2) is 5.78 Å². The Morgan fingerprint density at radius 1 is 1.06 bits per heavy atom. The lowest BCUT2D eigenvalue weighted by atomic mass is 9.97. The summed E-state index contributed by atoms with van der Waals surface area (Å²) < 4.78 is 0. The van der Waals surface area contributed by atoms with E-state index in [1.54, 1.807) is 0 Å². The second kappa shape index (κ2) is 5.36. The topological polar surface area (TPSA) is 17.1 Å². The Bertz CT molecular complexity index is 573. The maximum absolute atomic E-state index is 12.3. The first-order valence-electron chi connectivity index (χ1n) is 5.92. The molecular weight excluding hydrogens is 244 g/mol. The largest absolute Gasteiger partial charge is 0.294 e. The first-order chi connectivity index (χ1) is 8.58. The van der Waals surface area contributed by atoms with Crippen LogP contribution in [-0.4, -0.2) is 5.78 Å². The van der Waals surface area contributed by atoms with Gasteiger partial charge in [-0.15, -0.1) is 0 Å². The van der Waals surface area contributed by atoms with Crippen molar-refractivity contribution in [3.63, 3.8) is 0 Å². The molecule has 0 unspecified atom stereocenters. The van der Waals surface area contributed by atoms with Crippen LogP contribution in [0, 0.1) is 13.8 Å². The minimum Gasteiger partial charge on any atom is -0.294 e. The van der Waals surface area contributed by atoms with E-state index < -0.39 is 0 Å². The summed E-state index contributed by atoms with van der Waals surface area (Å²) in [5.74, 6) is 0.137. The molecule has 2 heteroatoms. The number of hydrogen-bond donors (Lipinski definition) is 0. The summed E-state index contributed by atoms with van der Waals surface area (Å²) in [4.78, 5) is 12.3. The number of carbonyl (C=O) groups excluding carboxylic acids is 1. The summed E-state index contributed by atoms with van der Waals surface area (Å²) in [7, 11) is 0. The average Bonchev–Trinajstić information content (AvgIpc) is 2.35. The van der Waals surface area contributed by atoms with Crippen LogP contribution in [0.3, 0.4) is 0 Å². The zero-order valence-corrected chi connectivity index (χ0v) is 11.3. The Morgan fingerprint density at radius 3 is 2.39 bits per heavy atom. The highest BCUT2D eigenvalue weighted by atomic mass is 35.5. The van der Waals surface area contributed by atoms with Crippen LogP contribution >= 0.6 is 11.6 Å². The fraction of sp³-hybridized carbons (Fsp3) is 0.188. The summed E-state index contributed by atoms with van der Waals surface area (Å²) in [6.45, 7) is 3.84. The number of ketones is 1. The highest BCUT2D eigenvalue weighted by Gasteiger charge is 2.11. The summed E-state index contributed by atoms with van der Waals surface area (Å²) in [5, 5.41) is 0.712. The van der Waals surface area contributed by atoms with Crippen molar-refractivity contribution < 1.29 is 4.79 Å². The third-order valence-electron chi connectivity index (χ3n) is 3.01. The van der Waals surface area contributed by atoms with E-state index in [1.807, 2.05) is 56.3 Å². The molecule has 0 spiro atoms. The molecule has 2 aromatic rings. The van der Waals surface area contributed by atoms with E-state index in [0.717, 1.165) is 22.3 Å². The van der Waals surface area contributed by atoms with E-state index in [0.29, 0.717) is 11.4 Å². The first kappa shape index (κ1) is 12.8. The van der Waals surface area contributed by atoms with E-state index >= 15 is 0 Å². The van der Waals surface area contributed by atoms with Crippen molar-refractivity contribution in [3.8, 4) is 0 Å². The lowest BCUT2D eigenvalue weighted by Gasteiger charge is -2.08. The van der Waals surface area contributed by atoms with Crippen molar-refractivity contribution in [2.45, 2.75) is 20.3 Å². The van der Waals surface area contributed by atoms with Crippen LogP contribution in [-0.2, 0) is 6.42 Å². The summed E-state index contributed by atoms with van der Waals surface area (Å²) in [6, 6.07) is 13.5. The van der Waals surface area contributed by atoms with Gasteiger partial charge < -0.3 is 0 Å². The molecular formula is C16H15ClO. The van der Waals surface area contributed by atoms with Gasteiger partial charge in [-0.1, -0.05) is 41.9 Å². The molecule has 92 valence electrons. The maximum Gasteiger partial charge on any atom is 0.167 e. The van der Waals surface area contributed by atoms with E-state index in [9.17, 15) is 4.79 Å². The molecule has 0 aliphatic heterocycles. The molecule has 0 aliphatic rings. The number of rotatable bonds is 3. The first-order valence-corrected chi connectivity index (χ1v) is 6.29. The molecule has 1 nitrogen and oxygen atoms in total. The van der Waals surface area contributed by atoms with Gasteiger partial charge in [-0.05, 0) is 42.7 Å². The van der Waals surface area contributed by atoms with Crippen molar-refractivity contribution in [1.82, 2.24) is 0 Å². The van der Waals surface area contributed by atoms with Crippen LogP contribution in [0.5, 0.6) is 0 Å². The van der Waals surface area contributed by atoms with Crippen LogP contribution in [0.25, 0.3) is 0 Å². The lowest BCUT2D eigenvalue weighted by molar-refractivity contribution is 0.0992. The zero-order valence-electron chi connectivity index (χ0n) is 10.5. The molecule has 18 heavy (non-hydrogen) atoms. The smallest absolute Gasteiger partial charge is 0.167 e. The van der Waals surface area contributed by atoms with Crippen LogP contribution in [0.1, 0.15) is 27.0 Å². The summed E-state index contributed by atoms with van der Waals surface area (Å²) >= 11 is 6.04. The number of carbonyl (C=O) groups is 1. The van der Waals surface area contributed by atoms with Crippen molar-refractivity contribution in [3.05, 3.63) is 69.7 Å². The molecule has 2 aromatic carbocycles. The van der Waals surface area contributed by atoms with E-state index in [1.165, 1.54) is 0 Å². The van der Waals surface area contributed by atoms with Gasteiger partial charge in [0.05, 0.1) is 0 Å². The van der Waals surface area contributed by atoms with Gasteiger partial charge in [0.25, 0.3) is 0 Å². The number of hydrogen-bond acceptors (Lipinski definition) is 1. The molecule has 0 atom stereocenters. The van der Waals surface area contributed by atoms with Gasteiger partial charge in [-0.3, -0.25) is 4.79 Å². The third-order valence-corrected chi connectivity index (χ3v) is 3.42. The predicted octanol–water partition coefficient (Wildman–Crippen LogP) is 4.38. The quantitative estimate of drug-likeness (QED) is 0.747. The van der Waals surface area contributed by atoms with Gasteiger partial charge in [-0.2, -0.15) is 0 Å². The van der Waals surface area contributed by atoms with Gasteiger partial charge in [0.2, 0.25) is 0 Å². The summed E-state index contributed by atoms with van der Waals surface area (Å²) in [6.07, 6.45) is 0.433. The molecule has 0 N–H and O–H groups in total. The highest BCUT2D eigenvalue weighted by Crippen LogP contribution is 2.21. The number of benzene rings is 2. The fourth-order valence-corrected chi connectivity index (χ4v) is 2.18. The van der Waals surface area contributed by atoms with E-state index in [-0.39, 0.29) is 5.78 Å². The predicted molar refractivity (Wildman–Crippen MR) is 75.4 cm³/mol. The Balaban J connectivity index is 2.27. The molecule has 0 saturated carbocycles. The van der Waals surface area contributed by atoms with Crippen molar-refractivity contribution in [2.24, 2.45) is 0 Å². The third kappa shape index (κ3) is 2.80. The van der Waals surface area contributed by atoms with Crippen molar-refractivity contribution in [1.29, 1.82) is 0 Å². The van der Waals surface area contributed by atoms with Gasteiger partial charge in [-0.25, -0.2) is 0 Å². The molecule has 0 amide bonds. The monoisotopic (exact) mass is 258 g/mol. The van der Waals surface area contributed by atoms with Gasteiger partial charge in [0, 0.05) is 17.0 Å². The minimum atomic E-state index is 0.137.